The Bertz CT molecular complexity index is 880. The number of hydrogen-bond acceptors (Lipinski definition) is 5. The van der Waals surface area contributed by atoms with Crippen molar-refractivity contribution in [3.8, 4) is 11.3 Å². The molecule has 0 bridgehead atoms. The van der Waals surface area contributed by atoms with Crippen molar-refractivity contribution in [1.82, 2.24) is 15.0 Å². The molecule has 118 valence electrons. The van der Waals surface area contributed by atoms with Crippen molar-refractivity contribution in [2.24, 2.45) is 0 Å². The van der Waals surface area contributed by atoms with Gasteiger partial charge in [-0.2, -0.15) is 0 Å². The average molecular weight is 312 g/mol. The van der Waals surface area contributed by atoms with Crippen LogP contribution in [0, 0.1) is 5.82 Å². The van der Waals surface area contributed by atoms with Gasteiger partial charge in [0.2, 0.25) is 5.95 Å². The summed E-state index contributed by atoms with van der Waals surface area (Å²) in [6, 6.07) is 5.40. The minimum absolute atomic E-state index is 0.0211. The van der Waals surface area contributed by atoms with E-state index < -0.39 is 5.82 Å². The number of aromatic nitrogens is 3. The fourth-order valence-corrected chi connectivity index (χ4v) is 2.79. The van der Waals surface area contributed by atoms with Gasteiger partial charge in [-0.3, -0.25) is 4.98 Å². The van der Waals surface area contributed by atoms with Crippen molar-refractivity contribution >= 4 is 16.9 Å². The molecule has 0 radical (unpaired) electrons. The van der Waals surface area contributed by atoms with E-state index in [1.807, 2.05) is 26.0 Å². The molecule has 0 saturated carbocycles. The zero-order valence-electron chi connectivity index (χ0n) is 12.9. The van der Waals surface area contributed by atoms with Gasteiger partial charge in [0.1, 0.15) is 5.69 Å². The first-order chi connectivity index (χ1) is 11.0. The summed E-state index contributed by atoms with van der Waals surface area (Å²) in [7, 11) is 0. The van der Waals surface area contributed by atoms with Crippen LogP contribution in [0.2, 0.25) is 0 Å². The monoisotopic (exact) mass is 312 g/mol. The van der Waals surface area contributed by atoms with Crippen LogP contribution in [0.25, 0.3) is 22.2 Å². The van der Waals surface area contributed by atoms with Crippen molar-refractivity contribution < 1.29 is 9.50 Å². The van der Waals surface area contributed by atoms with Crippen molar-refractivity contribution in [2.75, 3.05) is 5.73 Å². The molecule has 3 N–H and O–H groups in total. The third kappa shape index (κ3) is 2.73. The molecule has 2 aromatic heterocycles. The predicted octanol–water partition coefficient (Wildman–Crippen LogP) is 3.03. The van der Waals surface area contributed by atoms with Crippen LogP contribution < -0.4 is 5.73 Å². The van der Waals surface area contributed by atoms with E-state index in [1.54, 1.807) is 12.3 Å². The number of pyridine rings is 1. The van der Waals surface area contributed by atoms with Gasteiger partial charge in [-0.1, -0.05) is 19.9 Å². The number of nitrogens with zero attached hydrogens (tertiary/aromatic N) is 3. The van der Waals surface area contributed by atoms with E-state index in [0.29, 0.717) is 5.56 Å². The van der Waals surface area contributed by atoms with E-state index in [2.05, 4.69) is 15.0 Å². The molecular weight excluding hydrogens is 295 g/mol. The van der Waals surface area contributed by atoms with Crippen LogP contribution in [-0.2, 0) is 6.61 Å². The molecule has 23 heavy (non-hydrogen) atoms. The van der Waals surface area contributed by atoms with Gasteiger partial charge >= 0.3 is 0 Å². The van der Waals surface area contributed by atoms with Crippen LogP contribution in [0.4, 0.5) is 10.3 Å². The molecule has 1 aromatic carbocycles. The first-order valence-corrected chi connectivity index (χ1v) is 7.32. The number of benzene rings is 1. The summed E-state index contributed by atoms with van der Waals surface area (Å²) in [4.78, 5) is 12.0. The Kier molecular flexibility index (Phi) is 3.92. The van der Waals surface area contributed by atoms with Gasteiger partial charge in [-0.05, 0) is 29.2 Å². The maximum atomic E-state index is 14.0. The number of fused-ring (bicyclic) bond motifs is 1. The second-order valence-electron chi connectivity index (χ2n) is 5.67. The van der Waals surface area contributed by atoms with E-state index >= 15 is 0 Å². The maximum absolute atomic E-state index is 14.0. The molecule has 0 spiro atoms. The van der Waals surface area contributed by atoms with E-state index in [9.17, 15) is 9.50 Å². The van der Waals surface area contributed by atoms with Crippen molar-refractivity contribution in [3.63, 3.8) is 0 Å². The number of aliphatic hydroxyl groups is 1. The largest absolute Gasteiger partial charge is 0.392 e. The Morgan fingerprint density at radius 1 is 1.22 bits per heavy atom. The lowest BCUT2D eigenvalue weighted by molar-refractivity contribution is 0.280. The van der Waals surface area contributed by atoms with Crippen molar-refractivity contribution in [3.05, 3.63) is 47.5 Å². The van der Waals surface area contributed by atoms with Gasteiger partial charge in [0.25, 0.3) is 0 Å². The lowest BCUT2D eigenvalue weighted by atomic mass is 9.93. The molecule has 0 atom stereocenters. The molecule has 5 nitrogen and oxygen atoms in total. The van der Waals surface area contributed by atoms with Gasteiger partial charge in [-0.15, -0.1) is 0 Å². The highest BCUT2D eigenvalue weighted by atomic mass is 19.1. The summed E-state index contributed by atoms with van der Waals surface area (Å²) >= 11 is 0. The Morgan fingerprint density at radius 2 is 2.00 bits per heavy atom. The van der Waals surface area contributed by atoms with Crippen LogP contribution in [0.5, 0.6) is 0 Å². The number of nitrogens with two attached hydrogens (primary N) is 1. The van der Waals surface area contributed by atoms with E-state index in [-0.39, 0.29) is 24.2 Å². The summed E-state index contributed by atoms with van der Waals surface area (Å²) in [5, 5.41) is 10.4. The number of nitrogen functional groups attached to an aromatic ring is 1. The average Bonchev–Trinajstić information content (AvgIpc) is 2.55. The molecule has 0 amide bonds. The van der Waals surface area contributed by atoms with Gasteiger partial charge in [0.15, 0.2) is 5.82 Å². The summed E-state index contributed by atoms with van der Waals surface area (Å²) < 4.78 is 14.0. The molecule has 0 aliphatic rings. The fourth-order valence-electron chi connectivity index (χ4n) is 2.79. The summed E-state index contributed by atoms with van der Waals surface area (Å²) in [6.45, 7) is 4.00. The SMILES string of the molecule is CC(C)c1c(CO)cnc2ccc(-c3nc(N)ncc3F)cc12. The first-order valence-electron chi connectivity index (χ1n) is 7.32. The molecule has 0 aliphatic heterocycles. The van der Waals surface area contributed by atoms with Gasteiger partial charge < -0.3 is 10.8 Å². The third-order valence-electron chi connectivity index (χ3n) is 3.78. The van der Waals surface area contributed by atoms with E-state index in [4.69, 9.17) is 5.73 Å². The molecule has 0 fully saturated rings. The molecule has 2 heterocycles. The first kappa shape index (κ1) is 15.3. The summed E-state index contributed by atoms with van der Waals surface area (Å²) in [5.74, 6) is -0.318. The van der Waals surface area contributed by atoms with Gasteiger partial charge in [0.05, 0.1) is 18.3 Å². The number of halogens is 1. The fraction of sp³-hybridized carbons (Fsp3) is 0.235. The van der Waals surface area contributed by atoms with Crippen molar-refractivity contribution in [1.29, 1.82) is 0 Å². The number of rotatable bonds is 3. The van der Waals surface area contributed by atoms with Gasteiger partial charge in [0, 0.05) is 17.1 Å². The predicted molar refractivity (Wildman–Crippen MR) is 87.2 cm³/mol. The standard InChI is InChI=1S/C17H17FN4O/c1-9(2)15-11(8-23)6-20-14-4-3-10(5-12(14)15)16-13(18)7-21-17(19)22-16/h3-7,9,23H,8H2,1-2H3,(H2,19,21,22). The minimum Gasteiger partial charge on any atom is -0.392 e. The van der Waals surface area contributed by atoms with Crippen LogP contribution in [0.15, 0.2) is 30.6 Å². The lowest BCUT2D eigenvalue weighted by Gasteiger charge is -2.15. The minimum atomic E-state index is -0.532. The second kappa shape index (κ2) is 5.89. The number of anilines is 1. The maximum Gasteiger partial charge on any atom is 0.220 e. The third-order valence-corrected chi connectivity index (χ3v) is 3.78. The molecule has 0 saturated heterocycles. The topological polar surface area (TPSA) is 84.9 Å². The second-order valence-corrected chi connectivity index (χ2v) is 5.67. The molecule has 0 aliphatic carbocycles. The smallest absolute Gasteiger partial charge is 0.220 e. The van der Waals surface area contributed by atoms with Crippen LogP contribution >= 0.6 is 0 Å². The molecule has 3 rings (SSSR count). The van der Waals surface area contributed by atoms with Gasteiger partial charge in [-0.25, -0.2) is 14.4 Å². The van der Waals surface area contributed by atoms with E-state index in [0.717, 1.165) is 28.2 Å². The Balaban J connectivity index is 2.29. The highest BCUT2D eigenvalue weighted by molar-refractivity contribution is 5.88. The molecule has 3 aromatic rings. The summed E-state index contributed by atoms with van der Waals surface area (Å²) in [5.41, 5.74) is 8.88. The number of hydrogen-bond donors (Lipinski definition) is 2. The van der Waals surface area contributed by atoms with E-state index in [1.165, 1.54) is 0 Å². The molecular formula is C17H17FN4O. The zero-order valence-corrected chi connectivity index (χ0v) is 12.9. The highest BCUT2D eigenvalue weighted by Crippen LogP contribution is 2.31. The van der Waals surface area contributed by atoms with Crippen LogP contribution in [-0.4, -0.2) is 20.1 Å². The Labute approximate surface area is 133 Å². The quantitative estimate of drug-likeness (QED) is 0.776. The summed E-state index contributed by atoms with van der Waals surface area (Å²) in [6.07, 6.45) is 2.74. The Hall–Kier alpha value is -2.60. The van der Waals surface area contributed by atoms with Crippen LogP contribution in [0.1, 0.15) is 30.9 Å². The lowest BCUT2D eigenvalue weighted by Crippen LogP contribution is -2.01. The number of aliphatic hydroxyl groups excluding tert-OH is 1. The highest BCUT2D eigenvalue weighted by Gasteiger charge is 2.15. The Morgan fingerprint density at radius 3 is 2.70 bits per heavy atom. The normalized spacial score (nSPS) is 11.3. The van der Waals surface area contributed by atoms with Crippen LogP contribution in [0.3, 0.4) is 0 Å². The zero-order chi connectivity index (χ0) is 16.6. The molecule has 6 heteroatoms. The van der Waals surface area contributed by atoms with Crippen molar-refractivity contribution in [2.45, 2.75) is 26.4 Å². The molecule has 0 unspecified atom stereocenters.